The standard InChI is InChI=1S/C19H18BrNO3/c1-13(2)24-19(23)17(12-14-8-10-16(20)11-9-14)21-18(22)15-6-4-3-5-7-15/h3-13H,1-2H3,(H,21,22). The Morgan fingerprint density at radius 2 is 1.67 bits per heavy atom. The van der Waals surface area contributed by atoms with E-state index < -0.39 is 5.97 Å². The van der Waals surface area contributed by atoms with Gasteiger partial charge in [-0.3, -0.25) is 4.79 Å². The SMILES string of the molecule is CC(C)OC(=O)C(=Cc1ccc(Br)cc1)NC(=O)c1ccccc1. The monoisotopic (exact) mass is 387 g/mol. The Kier molecular flexibility index (Phi) is 6.32. The molecule has 0 radical (unpaired) electrons. The van der Waals surface area contributed by atoms with Gasteiger partial charge in [0.05, 0.1) is 6.10 Å². The minimum absolute atomic E-state index is 0.0971. The molecule has 0 saturated carbocycles. The number of carbonyl (C=O) groups is 2. The van der Waals surface area contributed by atoms with Crippen LogP contribution in [0.4, 0.5) is 0 Å². The van der Waals surface area contributed by atoms with E-state index in [-0.39, 0.29) is 17.7 Å². The van der Waals surface area contributed by atoms with Gasteiger partial charge in [-0.1, -0.05) is 46.3 Å². The highest BCUT2D eigenvalue weighted by Gasteiger charge is 2.17. The van der Waals surface area contributed by atoms with Crippen LogP contribution in [-0.4, -0.2) is 18.0 Å². The summed E-state index contributed by atoms with van der Waals surface area (Å²) in [4.78, 5) is 24.6. The number of halogens is 1. The smallest absolute Gasteiger partial charge is 0.355 e. The zero-order chi connectivity index (χ0) is 17.5. The molecule has 4 nitrogen and oxygen atoms in total. The van der Waals surface area contributed by atoms with E-state index in [9.17, 15) is 9.59 Å². The minimum Gasteiger partial charge on any atom is -0.458 e. The minimum atomic E-state index is -0.572. The summed E-state index contributed by atoms with van der Waals surface area (Å²) in [6, 6.07) is 16.1. The zero-order valence-electron chi connectivity index (χ0n) is 13.5. The van der Waals surface area contributed by atoms with Crippen LogP contribution in [0.2, 0.25) is 0 Å². The molecule has 0 fully saturated rings. The van der Waals surface area contributed by atoms with Crippen molar-refractivity contribution in [2.45, 2.75) is 20.0 Å². The van der Waals surface area contributed by atoms with Crippen molar-refractivity contribution in [2.24, 2.45) is 0 Å². The molecule has 0 aliphatic carbocycles. The molecular formula is C19H18BrNO3. The van der Waals surface area contributed by atoms with Crippen LogP contribution >= 0.6 is 15.9 Å². The second-order valence-corrected chi connectivity index (χ2v) is 6.30. The molecule has 0 aliphatic rings. The van der Waals surface area contributed by atoms with Gasteiger partial charge >= 0.3 is 5.97 Å². The number of amides is 1. The predicted molar refractivity (Wildman–Crippen MR) is 97.3 cm³/mol. The molecule has 1 N–H and O–H groups in total. The number of ether oxygens (including phenoxy) is 1. The van der Waals surface area contributed by atoms with Crippen LogP contribution in [0.3, 0.4) is 0 Å². The van der Waals surface area contributed by atoms with Crippen molar-refractivity contribution in [1.82, 2.24) is 5.32 Å². The zero-order valence-corrected chi connectivity index (χ0v) is 15.0. The first-order chi connectivity index (χ1) is 11.5. The largest absolute Gasteiger partial charge is 0.458 e. The van der Waals surface area contributed by atoms with E-state index in [1.54, 1.807) is 44.2 Å². The molecule has 0 unspecified atom stereocenters. The van der Waals surface area contributed by atoms with Crippen molar-refractivity contribution >= 4 is 33.9 Å². The molecular weight excluding hydrogens is 370 g/mol. The summed E-state index contributed by atoms with van der Waals surface area (Å²) in [6.45, 7) is 3.52. The van der Waals surface area contributed by atoms with Crippen LogP contribution in [0.25, 0.3) is 6.08 Å². The van der Waals surface area contributed by atoms with Gasteiger partial charge in [0.2, 0.25) is 0 Å². The highest BCUT2D eigenvalue weighted by atomic mass is 79.9. The number of hydrogen-bond donors (Lipinski definition) is 1. The number of nitrogens with one attached hydrogen (secondary N) is 1. The summed E-state index contributed by atoms with van der Waals surface area (Å²) in [7, 11) is 0. The van der Waals surface area contributed by atoms with Crippen molar-refractivity contribution in [2.75, 3.05) is 0 Å². The molecule has 24 heavy (non-hydrogen) atoms. The second-order valence-electron chi connectivity index (χ2n) is 5.38. The molecule has 2 rings (SSSR count). The summed E-state index contributed by atoms with van der Waals surface area (Å²) in [6.07, 6.45) is 1.32. The predicted octanol–water partition coefficient (Wildman–Crippen LogP) is 4.17. The van der Waals surface area contributed by atoms with Crippen molar-refractivity contribution in [1.29, 1.82) is 0 Å². The molecule has 2 aromatic rings. The van der Waals surface area contributed by atoms with Crippen molar-refractivity contribution in [3.8, 4) is 0 Å². The number of esters is 1. The molecule has 0 spiro atoms. The second kappa shape index (κ2) is 8.45. The van der Waals surface area contributed by atoms with E-state index in [0.717, 1.165) is 10.0 Å². The Bertz CT molecular complexity index is 737. The summed E-state index contributed by atoms with van der Waals surface area (Å²) in [5, 5.41) is 2.64. The fraction of sp³-hybridized carbons (Fsp3) is 0.158. The Labute approximate surface area is 149 Å². The van der Waals surface area contributed by atoms with E-state index in [1.807, 2.05) is 30.3 Å². The Hall–Kier alpha value is -2.40. The average Bonchev–Trinajstić information content (AvgIpc) is 2.56. The van der Waals surface area contributed by atoms with Crippen LogP contribution < -0.4 is 5.32 Å². The van der Waals surface area contributed by atoms with E-state index in [4.69, 9.17) is 4.74 Å². The number of benzene rings is 2. The summed E-state index contributed by atoms with van der Waals surface area (Å²) in [5.74, 6) is -0.933. The van der Waals surface area contributed by atoms with Crippen molar-refractivity contribution < 1.29 is 14.3 Å². The lowest BCUT2D eigenvalue weighted by atomic mass is 10.1. The van der Waals surface area contributed by atoms with Crippen LogP contribution in [0.1, 0.15) is 29.8 Å². The normalized spacial score (nSPS) is 11.2. The maximum absolute atomic E-state index is 12.3. The maximum atomic E-state index is 12.3. The highest BCUT2D eigenvalue weighted by molar-refractivity contribution is 9.10. The number of carbonyl (C=O) groups excluding carboxylic acids is 2. The van der Waals surface area contributed by atoms with E-state index >= 15 is 0 Å². The van der Waals surface area contributed by atoms with Crippen LogP contribution in [-0.2, 0) is 9.53 Å². The first kappa shape index (κ1) is 17.9. The van der Waals surface area contributed by atoms with E-state index in [1.165, 1.54) is 0 Å². The topological polar surface area (TPSA) is 55.4 Å². The van der Waals surface area contributed by atoms with Gasteiger partial charge in [-0.15, -0.1) is 0 Å². The third-order valence-corrected chi connectivity index (χ3v) is 3.56. The van der Waals surface area contributed by atoms with Gasteiger partial charge < -0.3 is 10.1 Å². The number of rotatable bonds is 5. The van der Waals surface area contributed by atoms with Crippen molar-refractivity contribution in [3.05, 3.63) is 75.9 Å². The van der Waals surface area contributed by atoms with Gasteiger partial charge in [0.1, 0.15) is 5.70 Å². The van der Waals surface area contributed by atoms with Crippen molar-refractivity contribution in [3.63, 3.8) is 0 Å². The number of hydrogen-bond acceptors (Lipinski definition) is 3. The van der Waals surface area contributed by atoms with Gasteiger partial charge in [-0.05, 0) is 49.8 Å². The Morgan fingerprint density at radius 3 is 2.25 bits per heavy atom. The Balaban J connectivity index is 2.27. The third-order valence-electron chi connectivity index (χ3n) is 3.03. The average molecular weight is 388 g/mol. The third kappa shape index (κ3) is 5.35. The maximum Gasteiger partial charge on any atom is 0.355 e. The molecule has 0 aromatic heterocycles. The van der Waals surface area contributed by atoms with Crippen LogP contribution in [0.5, 0.6) is 0 Å². The first-order valence-electron chi connectivity index (χ1n) is 7.50. The van der Waals surface area contributed by atoms with Crippen LogP contribution in [0, 0.1) is 0 Å². The van der Waals surface area contributed by atoms with E-state index in [2.05, 4.69) is 21.2 Å². The quantitative estimate of drug-likeness (QED) is 0.618. The molecule has 0 bridgehead atoms. The molecule has 5 heteroatoms. The highest BCUT2D eigenvalue weighted by Crippen LogP contribution is 2.14. The molecule has 0 heterocycles. The lowest BCUT2D eigenvalue weighted by Gasteiger charge is -2.12. The Morgan fingerprint density at radius 1 is 1.04 bits per heavy atom. The fourth-order valence-electron chi connectivity index (χ4n) is 1.93. The van der Waals surface area contributed by atoms with Gasteiger partial charge in [0.15, 0.2) is 0 Å². The molecule has 0 atom stereocenters. The summed E-state index contributed by atoms with van der Waals surface area (Å²) in [5.41, 5.74) is 1.35. The van der Waals surface area contributed by atoms with Gasteiger partial charge in [-0.2, -0.15) is 0 Å². The molecule has 0 saturated heterocycles. The van der Waals surface area contributed by atoms with E-state index in [0.29, 0.717) is 5.56 Å². The summed E-state index contributed by atoms with van der Waals surface area (Å²) < 4.78 is 6.14. The van der Waals surface area contributed by atoms with Gasteiger partial charge in [-0.25, -0.2) is 4.79 Å². The fourth-order valence-corrected chi connectivity index (χ4v) is 2.20. The lowest BCUT2D eigenvalue weighted by Crippen LogP contribution is -2.29. The molecule has 0 aliphatic heterocycles. The first-order valence-corrected chi connectivity index (χ1v) is 8.29. The van der Waals surface area contributed by atoms with Crippen LogP contribution in [0.15, 0.2) is 64.8 Å². The molecule has 124 valence electrons. The molecule has 1 amide bonds. The van der Waals surface area contributed by atoms with Gasteiger partial charge in [0, 0.05) is 10.0 Å². The van der Waals surface area contributed by atoms with Gasteiger partial charge in [0.25, 0.3) is 5.91 Å². The summed E-state index contributed by atoms with van der Waals surface area (Å²) >= 11 is 3.36. The lowest BCUT2D eigenvalue weighted by molar-refractivity contribution is -0.142. The molecule has 2 aromatic carbocycles.